The second-order valence-corrected chi connectivity index (χ2v) is 4.72. The van der Waals surface area contributed by atoms with E-state index in [2.05, 4.69) is 15.9 Å². The average molecular weight is 319 g/mol. The molecule has 2 N–H and O–H groups in total. The SMILES string of the molecule is Nc1cc(-c2c(F)ccc(Br)c2F)ccc1Cl. The molecule has 5 heteroatoms. The largest absolute Gasteiger partial charge is 0.398 e. The van der Waals surface area contributed by atoms with Crippen molar-refractivity contribution >= 4 is 33.2 Å². The molecule has 0 heterocycles. The third-order valence-corrected chi connectivity index (χ3v) is 3.29. The number of nitrogens with two attached hydrogens (primary N) is 1. The Kier molecular flexibility index (Phi) is 3.35. The second-order valence-electron chi connectivity index (χ2n) is 3.45. The molecule has 2 rings (SSSR count). The van der Waals surface area contributed by atoms with Crippen LogP contribution in [0.5, 0.6) is 0 Å². The lowest BCUT2D eigenvalue weighted by Gasteiger charge is -2.08. The smallest absolute Gasteiger partial charge is 0.148 e. The Hall–Kier alpha value is -1.13. The van der Waals surface area contributed by atoms with Crippen molar-refractivity contribution in [2.24, 2.45) is 0 Å². The lowest BCUT2D eigenvalue weighted by Crippen LogP contribution is -1.93. The molecule has 0 saturated heterocycles. The summed E-state index contributed by atoms with van der Waals surface area (Å²) in [6.07, 6.45) is 0. The summed E-state index contributed by atoms with van der Waals surface area (Å²) < 4.78 is 27.6. The third kappa shape index (κ3) is 2.28. The highest BCUT2D eigenvalue weighted by molar-refractivity contribution is 9.10. The average Bonchev–Trinajstić information content (AvgIpc) is 2.29. The van der Waals surface area contributed by atoms with Crippen molar-refractivity contribution in [1.29, 1.82) is 0 Å². The zero-order chi connectivity index (χ0) is 12.6. The summed E-state index contributed by atoms with van der Waals surface area (Å²) in [5.74, 6) is -1.31. The normalized spacial score (nSPS) is 10.6. The van der Waals surface area contributed by atoms with E-state index in [4.69, 9.17) is 17.3 Å². The maximum atomic E-state index is 13.8. The molecule has 0 radical (unpaired) electrons. The van der Waals surface area contributed by atoms with Crippen molar-refractivity contribution in [3.8, 4) is 11.1 Å². The van der Waals surface area contributed by atoms with Gasteiger partial charge in [-0.3, -0.25) is 0 Å². The van der Waals surface area contributed by atoms with Crippen LogP contribution in [-0.2, 0) is 0 Å². The van der Waals surface area contributed by atoms with Crippen LogP contribution >= 0.6 is 27.5 Å². The van der Waals surface area contributed by atoms with Crippen LogP contribution in [0, 0.1) is 11.6 Å². The van der Waals surface area contributed by atoms with Gasteiger partial charge in [-0.05, 0) is 45.8 Å². The molecule has 2 aromatic carbocycles. The maximum Gasteiger partial charge on any atom is 0.148 e. The topological polar surface area (TPSA) is 26.0 Å². The molecule has 0 saturated carbocycles. The molecule has 0 aliphatic carbocycles. The summed E-state index contributed by atoms with van der Waals surface area (Å²) in [7, 11) is 0. The molecular weight excluding hydrogens is 311 g/mol. The van der Waals surface area contributed by atoms with Crippen LogP contribution < -0.4 is 5.73 Å². The zero-order valence-electron chi connectivity index (χ0n) is 8.48. The van der Waals surface area contributed by atoms with Crippen molar-refractivity contribution in [2.75, 3.05) is 5.73 Å². The number of rotatable bonds is 1. The highest BCUT2D eigenvalue weighted by Crippen LogP contribution is 2.33. The van der Waals surface area contributed by atoms with Gasteiger partial charge in [-0.15, -0.1) is 0 Å². The second kappa shape index (κ2) is 4.63. The van der Waals surface area contributed by atoms with Gasteiger partial charge < -0.3 is 5.73 Å². The van der Waals surface area contributed by atoms with Crippen LogP contribution in [0.3, 0.4) is 0 Å². The quantitative estimate of drug-likeness (QED) is 0.602. The van der Waals surface area contributed by atoms with E-state index in [0.717, 1.165) is 0 Å². The Balaban J connectivity index is 2.68. The molecule has 0 amide bonds. The predicted octanol–water partition coefficient (Wildman–Crippen LogP) is 4.63. The van der Waals surface area contributed by atoms with Gasteiger partial charge in [0.15, 0.2) is 0 Å². The van der Waals surface area contributed by atoms with E-state index in [1.54, 1.807) is 0 Å². The van der Waals surface area contributed by atoms with E-state index in [9.17, 15) is 8.78 Å². The third-order valence-electron chi connectivity index (χ3n) is 2.33. The molecule has 17 heavy (non-hydrogen) atoms. The van der Waals surface area contributed by atoms with Gasteiger partial charge in [-0.1, -0.05) is 17.7 Å². The summed E-state index contributed by atoms with van der Waals surface area (Å²) >= 11 is 8.77. The molecule has 0 atom stereocenters. The van der Waals surface area contributed by atoms with Gasteiger partial charge >= 0.3 is 0 Å². The highest BCUT2D eigenvalue weighted by atomic mass is 79.9. The fourth-order valence-corrected chi connectivity index (χ4v) is 1.94. The van der Waals surface area contributed by atoms with Crippen molar-refractivity contribution in [3.63, 3.8) is 0 Å². The molecule has 0 aliphatic rings. The first kappa shape index (κ1) is 12.3. The van der Waals surface area contributed by atoms with Gasteiger partial charge in [0.1, 0.15) is 11.6 Å². The molecule has 0 bridgehead atoms. The first-order valence-corrected chi connectivity index (χ1v) is 5.86. The zero-order valence-corrected chi connectivity index (χ0v) is 10.8. The Morgan fingerprint density at radius 3 is 2.47 bits per heavy atom. The number of benzene rings is 2. The van der Waals surface area contributed by atoms with Gasteiger partial charge in [0.2, 0.25) is 0 Å². The van der Waals surface area contributed by atoms with Gasteiger partial charge in [-0.25, -0.2) is 8.78 Å². The summed E-state index contributed by atoms with van der Waals surface area (Å²) in [5.41, 5.74) is 6.12. The Bertz CT molecular complexity index is 587. The molecule has 2 aromatic rings. The van der Waals surface area contributed by atoms with E-state index in [1.165, 1.54) is 30.3 Å². The van der Waals surface area contributed by atoms with Crippen LogP contribution in [0.1, 0.15) is 0 Å². The predicted molar refractivity (Wildman–Crippen MR) is 68.9 cm³/mol. The maximum absolute atomic E-state index is 13.8. The molecule has 0 aromatic heterocycles. The van der Waals surface area contributed by atoms with E-state index in [0.29, 0.717) is 10.6 Å². The van der Waals surface area contributed by atoms with Crippen molar-refractivity contribution in [3.05, 3.63) is 51.5 Å². The Morgan fingerprint density at radius 2 is 1.82 bits per heavy atom. The summed E-state index contributed by atoms with van der Waals surface area (Å²) in [5, 5.41) is 0.351. The molecule has 0 unspecified atom stereocenters. The van der Waals surface area contributed by atoms with Gasteiger partial charge in [-0.2, -0.15) is 0 Å². The molecule has 0 aliphatic heterocycles. The van der Waals surface area contributed by atoms with Crippen LogP contribution in [0.2, 0.25) is 5.02 Å². The minimum atomic E-state index is -0.660. The number of anilines is 1. The summed E-state index contributed by atoms with van der Waals surface area (Å²) in [6.45, 7) is 0. The van der Waals surface area contributed by atoms with Gasteiger partial charge in [0, 0.05) is 0 Å². The summed E-state index contributed by atoms with van der Waals surface area (Å²) in [4.78, 5) is 0. The molecule has 0 spiro atoms. The molecule has 1 nitrogen and oxygen atoms in total. The van der Waals surface area contributed by atoms with Crippen molar-refractivity contribution in [2.45, 2.75) is 0 Å². The number of nitrogen functional groups attached to an aromatic ring is 1. The minimum absolute atomic E-state index is 0.122. The van der Waals surface area contributed by atoms with Crippen molar-refractivity contribution in [1.82, 2.24) is 0 Å². The van der Waals surface area contributed by atoms with E-state index in [1.807, 2.05) is 0 Å². The van der Waals surface area contributed by atoms with Crippen LogP contribution in [0.15, 0.2) is 34.8 Å². The van der Waals surface area contributed by atoms with E-state index < -0.39 is 11.6 Å². The Labute approximate surface area is 110 Å². The number of hydrogen-bond donors (Lipinski definition) is 1. The van der Waals surface area contributed by atoms with Crippen LogP contribution in [0.25, 0.3) is 11.1 Å². The van der Waals surface area contributed by atoms with Crippen LogP contribution in [0.4, 0.5) is 14.5 Å². The van der Waals surface area contributed by atoms with Crippen molar-refractivity contribution < 1.29 is 8.78 Å². The monoisotopic (exact) mass is 317 g/mol. The molecule has 0 fully saturated rings. The fraction of sp³-hybridized carbons (Fsp3) is 0. The molecular formula is C12H7BrClF2N. The van der Waals surface area contributed by atoms with E-state index in [-0.39, 0.29) is 15.7 Å². The molecule has 88 valence electrons. The van der Waals surface area contributed by atoms with Gasteiger partial charge in [0.05, 0.1) is 20.7 Å². The number of hydrogen-bond acceptors (Lipinski definition) is 1. The van der Waals surface area contributed by atoms with E-state index >= 15 is 0 Å². The van der Waals surface area contributed by atoms with Crippen LogP contribution in [-0.4, -0.2) is 0 Å². The lowest BCUT2D eigenvalue weighted by atomic mass is 10.0. The first-order valence-electron chi connectivity index (χ1n) is 4.69. The van der Waals surface area contributed by atoms with Gasteiger partial charge in [0.25, 0.3) is 0 Å². The standard InChI is InChI=1S/C12H7BrClF2N/c13-7-2-4-9(15)11(12(7)16)6-1-3-8(14)10(17)5-6/h1-5H,17H2. The Morgan fingerprint density at radius 1 is 1.12 bits per heavy atom. The minimum Gasteiger partial charge on any atom is -0.398 e. The highest BCUT2D eigenvalue weighted by Gasteiger charge is 2.14. The first-order chi connectivity index (χ1) is 8.00. The fourth-order valence-electron chi connectivity index (χ4n) is 1.49. The lowest BCUT2D eigenvalue weighted by molar-refractivity contribution is 0.585. The summed E-state index contributed by atoms with van der Waals surface area (Å²) in [6, 6.07) is 6.97. The number of halogens is 4.